The highest BCUT2D eigenvalue weighted by molar-refractivity contribution is 5.85. The maximum Gasteiger partial charge on any atom is 0.412 e. The lowest BCUT2D eigenvalue weighted by Crippen LogP contribution is -2.40. The van der Waals surface area contributed by atoms with Crippen molar-refractivity contribution in [3.05, 3.63) is 23.8 Å². The zero-order valence-electron chi connectivity index (χ0n) is 14.8. The molecule has 1 aromatic carbocycles. The number of aliphatic hydroxyl groups excluding tert-OH is 1. The van der Waals surface area contributed by atoms with Crippen LogP contribution >= 0.6 is 0 Å². The zero-order valence-corrected chi connectivity index (χ0v) is 14.8. The van der Waals surface area contributed by atoms with E-state index in [1.54, 1.807) is 40.7 Å². The third-order valence-electron chi connectivity index (χ3n) is 3.45. The number of hydrogen-bond donors (Lipinski definition) is 3. The third-order valence-corrected chi connectivity index (χ3v) is 3.45. The molecule has 7 heteroatoms. The molecule has 1 rings (SSSR count). The monoisotopic (exact) mass is 339 g/mol. The van der Waals surface area contributed by atoms with Gasteiger partial charge in [0.25, 0.3) is 0 Å². The van der Waals surface area contributed by atoms with Crippen LogP contribution in [-0.4, -0.2) is 41.1 Å². The van der Waals surface area contributed by atoms with Crippen LogP contribution in [0, 0.1) is 0 Å². The minimum Gasteiger partial charge on any atom is -0.508 e. The minimum absolute atomic E-state index is 0.170. The number of methoxy groups -OCH3 is 1. The largest absolute Gasteiger partial charge is 0.508 e. The van der Waals surface area contributed by atoms with Gasteiger partial charge in [0, 0.05) is 22.7 Å². The number of phenols is 1. The summed E-state index contributed by atoms with van der Waals surface area (Å²) in [5, 5.41) is 22.8. The zero-order chi connectivity index (χ0) is 18.7. The molecule has 1 aromatic rings. The van der Waals surface area contributed by atoms with Crippen LogP contribution in [0.2, 0.25) is 0 Å². The number of carbonyl (C=O) groups excluding carboxylic acids is 2. The number of ether oxygens (including phenoxy) is 2. The van der Waals surface area contributed by atoms with E-state index in [-0.39, 0.29) is 5.75 Å². The van der Waals surface area contributed by atoms with E-state index in [1.807, 2.05) is 0 Å². The van der Waals surface area contributed by atoms with E-state index in [2.05, 4.69) is 10.1 Å². The predicted molar refractivity (Wildman–Crippen MR) is 89.0 cm³/mol. The molecule has 3 N–H and O–H groups in total. The summed E-state index contributed by atoms with van der Waals surface area (Å²) in [6.07, 6.45) is -2.10. The molecule has 134 valence electrons. The van der Waals surface area contributed by atoms with Gasteiger partial charge in [0.2, 0.25) is 0 Å². The summed E-state index contributed by atoms with van der Waals surface area (Å²) in [6, 6.07) is 4.39. The number of benzene rings is 1. The minimum atomic E-state index is -1.45. The van der Waals surface area contributed by atoms with E-state index in [1.165, 1.54) is 19.2 Å². The SMILES string of the molecule is COC(=O)C(O)C(C)(C)c1ccc(NC(=O)OC(C)(C)C)cc1O. The lowest BCUT2D eigenvalue weighted by Gasteiger charge is -2.30. The molecule has 0 aliphatic heterocycles. The molecule has 0 fully saturated rings. The molecule has 0 heterocycles. The van der Waals surface area contributed by atoms with Gasteiger partial charge in [-0.3, -0.25) is 5.32 Å². The molecule has 0 aromatic heterocycles. The maximum absolute atomic E-state index is 11.7. The Bertz CT molecular complexity index is 618. The average molecular weight is 339 g/mol. The number of hydrogen-bond acceptors (Lipinski definition) is 6. The number of rotatable bonds is 4. The normalized spacial score (nSPS) is 13.1. The first-order chi connectivity index (χ1) is 10.9. The first-order valence-electron chi connectivity index (χ1n) is 7.48. The van der Waals surface area contributed by atoms with Crippen molar-refractivity contribution >= 4 is 17.7 Å². The van der Waals surface area contributed by atoms with Crippen molar-refractivity contribution < 1.29 is 29.3 Å². The molecule has 0 saturated heterocycles. The summed E-state index contributed by atoms with van der Waals surface area (Å²) >= 11 is 0. The van der Waals surface area contributed by atoms with Crippen molar-refractivity contribution in [3.8, 4) is 5.75 Å². The molecule has 0 radical (unpaired) electrons. The van der Waals surface area contributed by atoms with Gasteiger partial charge in [-0.1, -0.05) is 19.9 Å². The Labute approximate surface area is 141 Å². The molecule has 7 nitrogen and oxygen atoms in total. The molecule has 0 spiro atoms. The van der Waals surface area contributed by atoms with E-state index in [9.17, 15) is 19.8 Å². The topological polar surface area (TPSA) is 105 Å². The number of phenolic OH excluding ortho intramolecular Hbond substituents is 1. The Balaban J connectivity index is 2.99. The second-order valence-corrected chi connectivity index (χ2v) is 7.01. The molecule has 0 aliphatic carbocycles. The number of esters is 1. The molecule has 1 atom stereocenters. The molecule has 24 heavy (non-hydrogen) atoms. The van der Waals surface area contributed by atoms with Crippen molar-refractivity contribution in [3.63, 3.8) is 0 Å². The van der Waals surface area contributed by atoms with Gasteiger partial charge in [0.05, 0.1) is 7.11 Å². The van der Waals surface area contributed by atoms with E-state index in [0.29, 0.717) is 11.3 Å². The summed E-state index contributed by atoms with van der Waals surface area (Å²) in [6.45, 7) is 8.42. The fraction of sp³-hybridized carbons (Fsp3) is 0.529. The summed E-state index contributed by atoms with van der Waals surface area (Å²) in [5.74, 6) is -0.966. The molecule has 1 unspecified atom stereocenters. The summed E-state index contributed by atoms with van der Waals surface area (Å²) in [7, 11) is 1.18. The van der Waals surface area contributed by atoms with Crippen LogP contribution in [0.15, 0.2) is 18.2 Å². The lowest BCUT2D eigenvalue weighted by molar-refractivity contribution is -0.153. The summed E-state index contributed by atoms with van der Waals surface area (Å²) in [5.41, 5.74) is -1.05. The Kier molecular flexibility index (Phi) is 5.84. The smallest absolute Gasteiger partial charge is 0.412 e. The van der Waals surface area contributed by atoms with Crippen LogP contribution in [0.1, 0.15) is 40.2 Å². The van der Waals surface area contributed by atoms with Crippen LogP contribution in [0.4, 0.5) is 10.5 Å². The fourth-order valence-corrected chi connectivity index (χ4v) is 2.13. The van der Waals surface area contributed by atoms with Crippen molar-refractivity contribution in [2.24, 2.45) is 0 Å². The predicted octanol–water partition coefficient (Wildman–Crippen LogP) is 2.55. The third kappa shape index (κ3) is 4.86. The summed E-state index contributed by atoms with van der Waals surface area (Å²) < 4.78 is 9.67. The van der Waals surface area contributed by atoms with Crippen LogP contribution in [-0.2, 0) is 19.7 Å². The van der Waals surface area contributed by atoms with E-state index >= 15 is 0 Å². The molecule has 1 amide bonds. The molecule has 0 aliphatic rings. The standard InChI is InChI=1S/C17H25NO6/c1-16(2,3)24-15(22)18-10-7-8-11(12(19)9-10)17(4,5)13(20)14(21)23-6/h7-9,13,19-20H,1-6H3,(H,18,22). The Morgan fingerprint density at radius 3 is 2.21 bits per heavy atom. The molecular formula is C17H25NO6. The number of amides is 1. The highest BCUT2D eigenvalue weighted by Gasteiger charge is 2.37. The lowest BCUT2D eigenvalue weighted by atomic mass is 9.78. The first-order valence-corrected chi connectivity index (χ1v) is 7.48. The van der Waals surface area contributed by atoms with Crippen molar-refractivity contribution in [1.29, 1.82) is 0 Å². The quantitative estimate of drug-likeness (QED) is 0.728. The van der Waals surface area contributed by atoms with Gasteiger partial charge in [-0.25, -0.2) is 9.59 Å². The Morgan fingerprint density at radius 2 is 1.75 bits per heavy atom. The van der Waals surface area contributed by atoms with Crippen molar-refractivity contribution in [2.45, 2.75) is 51.7 Å². The van der Waals surface area contributed by atoms with Crippen LogP contribution in [0.5, 0.6) is 5.75 Å². The number of aliphatic hydroxyl groups is 1. The molecular weight excluding hydrogens is 314 g/mol. The fourth-order valence-electron chi connectivity index (χ4n) is 2.13. The number of nitrogens with one attached hydrogen (secondary N) is 1. The van der Waals surface area contributed by atoms with Gasteiger partial charge in [0.15, 0.2) is 6.10 Å². The summed E-state index contributed by atoms with van der Waals surface area (Å²) in [4.78, 5) is 23.3. The van der Waals surface area contributed by atoms with Crippen molar-refractivity contribution in [1.82, 2.24) is 0 Å². The first kappa shape index (κ1) is 19.8. The van der Waals surface area contributed by atoms with Gasteiger partial charge < -0.3 is 19.7 Å². The number of carbonyl (C=O) groups is 2. The highest BCUT2D eigenvalue weighted by atomic mass is 16.6. The van der Waals surface area contributed by atoms with Gasteiger partial charge in [-0.05, 0) is 26.8 Å². The maximum atomic E-state index is 11.7. The second kappa shape index (κ2) is 7.09. The Morgan fingerprint density at radius 1 is 1.17 bits per heavy atom. The molecule has 0 bridgehead atoms. The van der Waals surface area contributed by atoms with Gasteiger partial charge in [-0.15, -0.1) is 0 Å². The van der Waals surface area contributed by atoms with Crippen LogP contribution < -0.4 is 5.32 Å². The van der Waals surface area contributed by atoms with Gasteiger partial charge in [-0.2, -0.15) is 0 Å². The van der Waals surface area contributed by atoms with E-state index in [4.69, 9.17) is 4.74 Å². The average Bonchev–Trinajstić information content (AvgIpc) is 2.43. The van der Waals surface area contributed by atoms with Gasteiger partial charge in [0.1, 0.15) is 11.4 Å². The van der Waals surface area contributed by atoms with Crippen LogP contribution in [0.25, 0.3) is 0 Å². The van der Waals surface area contributed by atoms with E-state index in [0.717, 1.165) is 0 Å². The van der Waals surface area contributed by atoms with Crippen LogP contribution in [0.3, 0.4) is 0 Å². The second-order valence-electron chi connectivity index (χ2n) is 7.01. The van der Waals surface area contributed by atoms with E-state index < -0.39 is 29.2 Å². The Hall–Kier alpha value is -2.28. The molecule has 0 saturated carbocycles. The highest BCUT2D eigenvalue weighted by Crippen LogP contribution is 2.36. The number of anilines is 1. The van der Waals surface area contributed by atoms with Crippen molar-refractivity contribution in [2.75, 3.05) is 12.4 Å². The number of aromatic hydroxyl groups is 1. The van der Waals surface area contributed by atoms with Gasteiger partial charge >= 0.3 is 12.1 Å².